The molecule has 5 nitrogen and oxygen atoms in total. The highest BCUT2D eigenvalue weighted by molar-refractivity contribution is 7.18. The number of ether oxygens (including phenoxy) is 1. The van der Waals surface area contributed by atoms with Gasteiger partial charge < -0.3 is 4.74 Å². The summed E-state index contributed by atoms with van der Waals surface area (Å²) in [5.74, 6) is 0.707. The van der Waals surface area contributed by atoms with Crippen LogP contribution in [0, 0.1) is 0 Å². The van der Waals surface area contributed by atoms with Crippen molar-refractivity contribution >= 4 is 33.7 Å². The zero-order valence-electron chi connectivity index (χ0n) is 14.0. The van der Waals surface area contributed by atoms with Gasteiger partial charge >= 0.3 is 0 Å². The third-order valence-corrected chi connectivity index (χ3v) is 6.20. The number of fused-ring (bicyclic) bond motifs is 3. The Morgan fingerprint density at radius 1 is 1.19 bits per heavy atom. The second-order valence-corrected chi connectivity index (χ2v) is 7.89. The van der Waals surface area contributed by atoms with Crippen LogP contribution in [0.2, 0.25) is 0 Å². The van der Waals surface area contributed by atoms with Gasteiger partial charge in [0, 0.05) is 39.3 Å². The van der Waals surface area contributed by atoms with E-state index in [0.29, 0.717) is 16.6 Å². The van der Waals surface area contributed by atoms with E-state index >= 15 is 0 Å². The summed E-state index contributed by atoms with van der Waals surface area (Å²) in [7, 11) is 0. The minimum atomic E-state index is -0.154. The molecule has 1 aromatic carbocycles. The number of rotatable bonds is 3. The van der Waals surface area contributed by atoms with Crippen LogP contribution in [0.4, 0.5) is 5.13 Å². The highest BCUT2D eigenvalue weighted by atomic mass is 32.1. The zero-order valence-corrected chi connectivity index (χ0v) is 15.6. The molecule has 1 N–H and O–H groups in total. The molecule has 0 fully saturated rings. The number of thiazole rings is 1. The summed E-state index contributed by atoms with van der Waals surface area (Å²) in [5, 5.41) is 5.38. The minimum Gasteiger partial charge on any atom is -0.488 e. The molecule has 5 rings (SSSR count). The number of pyridine rings is 1. The fourth-order valence-electron chi connectivity index (χ4n) is 2.95. The number of para-hydroxylation sites is 1. The first-order chi connectivity index (χ1) is 13.3. The maximum absolute atomic E-state index is 12.7. The molecule has 3 aromatic heterocycles. The van der Waals surface area contributed by atoms with E-state index < -0.39 is 0 Å². The molecule has 27 heavy (non-hydrogen) atoms. The van der Waals surface area contributed by atoms with Gasteiger partial charge in [-0.1, -0.05) is 12.1 Å². The van der Waals surface area contributed by atoms with Crippen molar-refractivity contribution in [1.29, 1.82) is 0 Å². The number of hydrogen-bond donors (Lipinski definition) is 1. The summed E-state index contributed by atoms with van der Waals surface area (Å²) in [5.41, 5.74) is 3.81. The second-order valence-electron chi connectivity index (χ2n) is 5.98. The Bertz CT molecular complexity index is 1140. The lowest BCUT2D eigenvalue weighted by atomic mass is 10.1. The molecule has 1 amide bonds. The number of aromatic nitrogens is 2. The third-order valence-electron chi connectivity index (χ3n) is 4.23. The normalized spacial score (nSPS) is 12.0. The van der Waals surface area contributed by atoms with Crippen LogP contribution in [0.3, 0.4) is 0 Å². The highest BCUT2D eigenvalue weighted by Crippen LogP contribution is 2.42. The van der Waals surface area contributed by atoms with Gasteiger partial charge in [-0.3, -0.25) is 15.1 Å². The monoisotopic (exact) mass is 391 g/mol. The van der Waals surface area contributed by atoms with Crippen LogP contribution < -0.4 is 10.1 Å². The van der Waals surface area contributed by atoms with E-state index in [1.54, 1.807) is 12.4 Å². The summed E-state index contributed by atoms with van der Waals surface area (Å²) in [6, 6.07) is 13.6. The van der Waals surface area contributed by atoms with Gasteiger partial charge in [0.25, 0.3) is 5.91 Å². The van der Waals surface area contributed by atoms with E-state index in [9.17, 15) is 4.79 Å². The van der Waals surface area contributed by atoms with Crippen molar-refractivity contribution in [2.45, 2.75) is 6.61 Å². The van der Waals surface area contributed by atoms with Crippen molar-refractivity contribution < 1.29 is 9.53 Å². The van der Waals surface area contributed by atoms with Gasteiger partial charge in [0.05, 0.1) is 10.6 Å². The lowest BCUT2D eigenvalue weighted by Gasteiger charge is -2.16. The number of carbonyl (C=O) groups is 1. The summed E-state index contributed by atoms with van der Waals surface area (Å²) in [6.45, 7) is 0.485. The molecule has 0 radical (unpaired) electrons. The zero-order chi connectivity index (χ0) is 18.2. The molecule has 0 saturated carbocycles. The average molecular weight is 391 g/mol. The van der Waals surface area contributed by atoms with Crippen LogP contribution in [0.25, 0.3) is 21.7 Å². The van der Waals surface area contributed by atoms with Crippen LogP contribution in [0.15, 0.2) is 60.2 Å². The molecular formula is C20H13N3O2S2. The van der Waals surface area contributed by atoms with Crippen molar-refractivity contribution in [2.75, 3.05) is 5.32 Å². The quantitative estimate of drug-likeness (QED) is 0.529. The smallest absolute Gasteiger partial charge is 0.267 e. The average Bonchev–Trinajstić information content (AvgIpc) is 3.36. The Balaban J connectivity index is 1.39. The molecular weight excluding hydrogens is 378 g/mol. The molecule has 0 bridgehead atoms. The molecule has 7 heteroatoms. The van der Waals surface area contributed by atoms with Crippen molar-refractivity contribution in [2.24, 2.45) is 0 Å². The fraction of sp³-hybridized carbons (Fsp3) is 0.0500. The van der Waals surface area contributed by atoms with E-state index in [-0.39, 0.29) is 5.91 Å². The van der Waals surface area contributed by atoms with Gasteiger partial charge in [0.1, 0.15) is 12.4 Å². The van der Waals surface area contributed by atoms with Gasteiger partial charge in [-0.15, -0.1) is 22.7 Å². The van der Waals surface area contributed by atoms with Gasteiger partial charge in [-0.25, -0.2) is 4.98 Å². The Hall–Kier alpha value is -3.03. The molecule has 0 spiro atoms. The van der Waals surface area contributed by atoms with E-state index in [1.807, 2.05) is 47.8 Å². The molecule has 0 atom stereocenters. The van der Waals surface area contributed by atoms with Gasteiger partial charge in [0.2, 0.25) is 0 Å². The largest absolute Gasteiger partial charge is 0.488 e. The second kappa shape index (κ2) is 6.61. The Kier molecular flexibility index (Phi) is 3.95. The molecule has 4 heterocycles. The maximum atomic E-state index is 12.7. The Morgan fingerprint density at radius 2 is 2.11 bits per heavy atom. The number of thiophene rings is 1. The van der Waals surface area contributed by atoms with Crippen molar-refractivity contribution in [1.82, 2.24) is 9.97 Å². The lowest BCUT2D eigenvalue weighted by Crippen LogP contribution is -2.09. The molecule has 0 aliphatic carbocycles. The topological polar surface area (TPSA) is 64.1 Å². The van der Waals surface area contributed by atoms with E-state index in [2.05, 4.69) is 15.3 Å². The number of amides is 1. The predicted octanol–water partition coefficient (Wildman–Crippen LogP) is 5.08. The first-order valence-electron chi connectivity index (χ1n) is 8.30. The van der Waals surface area contributed by atoms with Crippen LogP contribution in [0.5, 0.6) is 5.75 Å². The standard InChI is InChI=1S/C20H13N3O2S2/c24-19(23-20-22-15(11-26-20)12-4-3-7-21-9-12)17-8-13-10-25-16-6-2-1-5-14(16)18(13)27-17/h1-9,11H,10H2,(H,22,23,24). The molecule has 132 valence electrons. The first-order valence-corrected chi connectivity index (χ1v) is 10.00. The first kappa shape index (κ1) is 16.2. The minimum absolute atomic E-state index is 0.154. The molecule has 4 aromatic rings. The van der Waals surface area contributed by atoms with Crippen molar-refractivity contribution in [3.63, 3.8) is 0 Å². The van der Waals surface area contributed by atoms with E-state index in [1.165, 1.54) is 22.7 Å². The van der Waals surface area contributed by atoms with Gasteiger partial charge in [-0.2, -0.15) is 0 Å². The van der Waals surface area contributed by atoms with E-state index in [4.69, 9.17) is 4.74 Å². The number of hydrogen-bond acceptors (Lipinski definition) is 6. The number of nitrogens with one attached hydrogen (secondary N) is 1. The Labute approximate surface area is 163 Å². The van der Waals surface area contributed by atoms with Gasteiger partial charge in [0.15, 0.2) is 5.13 Å². The third kappa shape index (κ3) is 3.01. The SMILES string of the molecule is O=C(Nc1nc(-c2cccnc2)cs1)c1cc2c(s1)-c1ccccc1OC2. The number of carbonyl (C=O) groups excluding carboxylic acids is 1. The number of anilines is 1. The molecule has 0 unspecified atom stereocenters. The van der Waals surface area contributed by atoms with Crippen LogP contribution in [-0.2, 0) is 6.61 Å². The summed E-state index contributed by atoms with van der Waals surface area (Å²) >= 11 is 2.88. The van der Waals surface area contributed by atoms with Gasteiger partial charge in [-0.05, 0) is 30.3 Å². The summed E-state index contributed by atoms with van der Waals surface area (Å²) < 4.78 is 5.77. The molecule has 0 saturated heterocycles. The maximum Gasteiger partial charge on any atom is 0.267 e. The molecule has 1 aliphatic heterocycles. The summed E-state index contributed by atoms with van der Waals surface area (Å²) in [6.07, 6.45) is 3.48. The van der Waals surface area contributed by atoms with Crippen molar-refractivity contribution in [3.8, 4) is 27.4 Å². The van der Waals surface area contributed by atoms with Crippen LogP contribution in [0.1, 0.15) is 15.2 Å². The Morgan fingerprint density at radius 3 is 3.00 bits per heavy atom. The van der Waals surface area contributed by atoms with Crippen LogP contribution >= 0.6 is 22.7 Å². The fourth-order valence-corrected chi connectivity index (χ4v) is 4.76. The van der Waals surface area contributed by atoms with Crippen molar-refractivity contribution in [3.05, 3.63) is 70.7 Å². The lowest BCUT2D eigenvalue weighted by molar-refractivity contribution is 0.103. The number of nitrogens with zero attached hydrogens (tertiary/aromatic N) is 2. The summed E-state index contributed by atoms with van der Waals surface area (Å²) in [4.78, 5) is 23.0. The van der Waals surface area contributed by atoms with Crippen LogP contribution in [-0.4, -0.2) is 15.9 Å². The highest BCUT2D eigenvalue weighted by Gasteiger charge is 2.22. The molecule has 1 aliphatic rings. The number of benzene rings is 1. The van der Waals surface area contributed by atoms with E-state index in [0.717, 1.165) is 33.0 Å². The predicted molar refractivity (Wildman–Crippen MR) is 107 cm³/mol.